The van der Waals surface area contributed by atoms with Gasteiger partial charge in [-0.1, -0.05) is 12.1 Å². The monoisotopic (exact) mass is 316 g/mol. The number of carbonyl (C=O) groups is 1. The molecule has 0 radical (unpaired) electrons. The van der Waals surface area contributed by atoms with E-state index in [0.29, 0.717) is 12.3 Å². The van der Waals surface area contributed by atoms with E-state index in [4.69, 9.17) is 4.42 Å². The summed E-state index contributed by atoms with van der Waals surface area (Å²) in [4.78, 5) is 17.3. The molecule has 0 saturated carbocycles. The maximum atomic E-state index is 13.6. The average Bonchev–Trinajstić information content (AvgIpc) is 3.15. The molecule has 0 aliphatic carbocycles. The Morgan fingerprint density at radius 2 is 2.14 bits per heavy atom. The molecule has 6 heteroatoms. The van der Waals surface area contributed by atoms with Crippen LogP contribution in [-0.2, 0) is 6.54 Å². The third-order valence-corrected chi connectivity index (χ3v) is 4.32. The van der Waals surface area contributed by atoms with Crippen LogP contribution in [0.4, 0.5) is 4.39 Å². The first kappa shape index (κ1) is 14.5. The number of carbonyl (C=O) groups excluding carboxylic acids is 1. The molecule has 4 nitrogen and oxygen atoms in total. The van der Waals surface area contributed by atoms with Crippen molar-refractivity contribution in [2.75, 3.05) is 0 Å². The second kappa shape index (κ2) is 6.11. The Labute approximate surface area is 130 Å². The number of nitrogens with zero attached hydrogens (tertiary/aromatic N) is 1. The maximum absolute atomic E-state index is 13.6. The Morgan fingerprint density at radius 1 is 1.32 bits per heavy atom. The van der Waals surface area contributed by atoms with Crippen LogP contribution >= 0.6 is 11.3 Å². The summed E-state index contributed by atoms with van der Waals surface area (Å²) in [5.41, 5.74) is 0.862. The summed E-state index contributed by atoms with van der Waals surface area (Å²) in [6.45, 7) is 2.17. The van der Waals surface area contributed by atoms with Crippen molar-refractivity contribution in [3.05, 3.63) is 64.6 Å². The number of benzene rings is 1. The molecule has 1 amide bonds. The fraction of sp³-hybridized carbons (Fsp3) is 0.125. The Kier molecular flexibility index (Phi) is 4.02. The zero-order valence-corrected chi connectivity index (χ0v) is 12.6. The minimum atomic E-state index is -0.530. The van der Waals surface area contributed by atoms with Gasteiger partial charge in [0, 0.05) is 4.88 Å². The summed E-state index contributed by atoms with van der Waals surface area (Å²) in [5, 5.41) is 3.48. The fourth-order valence-corrected chi connectivity index (χ4v) is 2.97. The van der Waals surface area contributed by atoms with E-state index in [1.807, 2.05) is 13.0 Å². The van der Waals surface area contributed by atoms with Gasteiger partial charge in [-0.25, -0.2) is 9.37 Å². The number of furan rings is 1. The van der Waals surface area contributed by atoms with Crippen molar-refractivity contribution >= 4 is 17.2 Å². The summed E-state index contributed by atoms with van der Waals surface area (Å²) < 4.78 is 18.9. The molecule has 22 heavy (non-hydrogen) atoms. The number of aryl methyl sites for hydroxylation is 1. The maximum Gasteiger partial charge on any atom is 0.254 e. The van der Waals surface area contributed by atoms with Crippen molar-refractivity contribution in [1.29, 1.82) is 0 Å². The molecule has 3 aromatic rings. The summed E-state index contributed by atoms with van der Waals surface area (Å²) in [6.07, 6.45) is 1.59. The highest BCUT2D eigenvalue weighted by Gasteiger charge is 2.14. The Bertz CT molecular complexity index is 796. The molecule has 0 aliphatic heterocycles. The first-order valence-electron chi connectivity index (χ1n) is 6.68. The molecule has 0 bridgehead atoms. The lowest BCUT2D eigenvalue weighted by Gasteiger charge is -2.04. The van der Waals surface area contributed by atoms with E-state index in [2.05, 4.69) is 10.3 Å². The first-order valence-corrected chi connectivity index (χ1v) is 7.49. The molecular weight excluding hydrogens is 303 g/mol. The largest absolute Gasteiger partial charge is 0.462 e. The van der Waals surface area contributed by atoms with Gasteiger partial charge in [-0.3, -0.25) is 4.79 Å². The quantitative estimate of drug-likeness (QED) is 0.797. The van der Waals surface area contributed by atoms with Crippen molar-refractivity contribution in [1.82, 2.24) is 10.3 Å². The molecule has 0 atom stereocenters. The second-order valence-electron chi connectivity index (χ2n) is 4.67. The molecule has 2 heterocycles. The molecule has 0 fully saturated rings. The summed E-state index contributed by atoms with van der Waals surface area (Å²) in [6, 6.07) is 9.53. The fourth-order valence-electron chi connectivity index (χ4n) is 2.00. The summed E-state index contributed by atoms with van der Waals surface area (Å²) in [5.74, 6) is -0.275. The van der Waals surface area contributed by atoms with E-state index in [9.17, 15) is 9.18 Å². The van der Waals surface area contributed by atoms with Crippen LogP contribution in [0.3, 0.4) is 0 Å². The van der Waals surface area contributed by atoms with Crippen molar-refractivity contribution in [2.45, 2.75) is 13.5 Å². The molecule has 0 aliphatic rings. The van der Waals surface area contributed by atoms with Crippen LogP contribution in [0.25, 0.3) is 10.8 Å². The van der Waals surface area contributed by atoms with E-state index < -0.39 is 11.7 Å². The average molecular weight is 316 g/mol. The van der Waals surface area contributed by atoms with Gasteiger partial charge in [0.25, 0.3) is 5.91 Å². The van der Waals surface area contributed by atoms with Crippen LogP contribution in [-0.4, -0.2) is 10.9 Å². The number of thiazole rings is 1. The van der Waals surface area contributed by atoms with Gasteiger partial charge in [-0.2, -0.15) is 0 Å². The second-order valence-corrected chi connectivity index (χ2v) is 5.75. The normalized spacial score (nSPS) is 10.6. The van der Waals surface area contributed by atoms with Crippen LogP contribution in [0.1, 0.15) is 20.9 Å². The molecular formula is C16H13FN2O2S. The molecule has 0 unspecified atom stereocenters. The standard InChI is InChI=1S/C16H13FN2O2S/c1-10-14(22-16(19-10)13-7-4-8-21-13)9-18-15(20)11-5-2-3-6-12(11)17/h2-8H,9H2,1H3,(H,18,20). The van der Waals surface area contributed by atoms with Gasteiger partial charge in [0.05, 0.1) is 24.1 Å². The van der Waals surface area contributed by atoms with E-state index in [0.717, 1.165) is 15.6 Å². The minimum Gasteiger partial charge on any atom is -0.462 e. The van der Waals surface area contributed by atoms with Crippen LogP contribution in [0.15, 0.2) is 47.1 Å². The molecule has 2 aromatic heterocycles. The minimum absolute atomic E-state index is 0.0379. The van der Waals surface area contributed by atoms with Gasteiger partial charge in [0.2, 0.25) is 0 Å². The zero-order chi connectivity index (χ0) is 15.5. The first-order chi connectivity index (χ1) is 10.6. The third-order valence-electron chi connectivity index (χ3n) is 3.15. The molecule has 112 valence electrons. The van der Waals surface area contributed by atoms with E-state index in [1.54, 1.807) is 24.5 Å². The Hall–Kier alpha value is -2.47. The predicted octanol–water partition coefficient (Wildman–Crippen LogP) is 3.78. The lowest BCUT2D eigenvalue weighted by molar-refractivity contribution is 0.0947. The van der Waals surface area contributed by atoms with Crippen LogP contribution in [0.2, 0.25) is 0 Å². The number of amides is 1. The van der Waals surface area contributed by atoms with Crippen LogP contribution in [0.5, 0.6) is 0 Å². The lowest BCUT2D eigenvalue weighted by Crippen LogP contribution is -2.23. The highest BCUT2D eigenvalue weighted by Crippen LogP contribution is 2.28. The molecule has 1 aromatic carbocycles. The molecule has 0 saturated heterocycles. The SMILES string of the molecule is Cc1nc(-c2ccco2)sc1CNC(=O)c1ccccc1F. The number of aromatic nitrogens is 1. The topological polar surface area (TPSA) is 55.1 Å². The van der Waals surface area contributed by atoms with E-state index >= 15 is 0 Å². The van der Waals surface area contributed by atoms with Gasteiger partial charge in [-0.05, 0) is 31.2 Å². The smallest absolute Gasteiger partial charge is 0.254 e. The van der Waals surface area contributed by atoms with Crippen molar-refractivity contribution < 1.29 is 13.6 Å². The number of halogens is 1. The van der Waals surface area contributed by atoms with Gasteiger partial charge >= 0.3 is 0 Å². The van der Waals surface area contributed by atoms with Crippen LogP contribution in [0, 0.1) is 12.7 Å². The zero-order valence-electron chi connectivity index (χ0n) is 11.8. The van der Waals surface area contributed by atoms with Crippen molar-refractivity contribution in [3.63, 3.8) is 0 Å². The molecule has 1 N–H and O–H groups in total. The third kappa shape index (κ3) is 2.92. The Balaban J connectivity index is 1.72. The van der Waals surface area contributed by atoms with Crippen molar-refractivity contribution in [3.8, 4) is 10.8 Å². The summed E-state index contributed by atoms with van der Waals surface area (Å²) >= 11 is 1.45. The van der Waals surface area contributed by atoms with Crippen molar-refractivity contribution in [2.24, 2.45) is 0 Å². The predicted molar refractivity (Wildman–Crippen MR) is 82.1 cm³/mol. The Morgan fingerprint density at radius 3 is 2.86 bits per heavy atom. The van der Waals surface area contributed by atoms with Crippen LogP contribution < -0.4 is 5.32 Å². The number of nitrogens with one attached hydrogen (secondary N) is 1. The van der Waals surface area contributed by atoms with Gasteiger partial charge < -0.3 is 9.73 Å². The summed E-state index contributed by atoms with van der Waals surface area (Å²) in [7, 11) is 0. The molecule has 3 rings (SSSR count). The highest BCUT2D eigenvalue weighted by atomic mass is 32.1. The number of hydrogen-bond acceptors (Lipinski definition) is 4. The lowest BCUT2D eigenvalue weighted by atomic mass is 10.2. The van der Waals surface area contributed by atoms with E-state index in [1.165, 1.54) is 23.5 Å². The number of hydrogen-bond donors (Lipinski definition) is 1. The van der Waals surface area contributed by atoms with Gasteiger partial charge in [-0.15, -0.1) is 11.3 Å². The highest BCUT2D eigenvalue weighted by molar-refractivity contribution is 7.15. The van der Waals surface area contributed by atoms with Gasteiger partial charge in [0.15, 0.2) is 10.8 Å². The van der Waals surface area contributed by atoms with Gasteiger partial charge in [0.1, 0.15) is 5.82 Å². The van der Waals surface area contributed by atoms with E-state index in [-0.39, 0.29) is 5.56 Å². The molecule has 0 spiro atoms. The number of rotatable bonds is 4.